The van der Waals surface area contributed by atoms with Crippen molar-refractivity contribution in [2.24, 2.45) is 5.92 Å². The number of methoxy groups -OCH3 is 1. The van der Waals surface area contributed by atoms with Crippen LogP contribution in [0.25, 0.3) is 0 Å². The van der Waals surface area contributed by atoms with Crippen LogP contribution in [0, 0.1) is 5.92 Å². The summed E-state index contributed by atoms with van der Waals surface area (Å²) in [5.41, 5.74) is 2.60. The zero-order chi connectivity index (χ0) is 17.5. The standard InChI is InChI=1S/C20H33NO3/c1-14(2)7-8-16-19(3,24-16)18-17(22-6)15(10-12-21(4)5)9-11-20(18)13-23-20/h7,10,16-18H,8-9,11-13H2,1-6H3. The van der Waals surface area contributed by atoms with Crippen LogP contribution in [0.2, 0.25) is 0 Å². The molecule has 5 atom stereocenters. The minimum absolute atomic E-state index is 0.0232. The van der Waals surface area contributed by atoms with E-state index in [0.717, 1.165) is 32.4 Å². The summed E-state index contributed by atoms with van der Waals surface area (Å²) in [6, 6.07) is 0. The van der Waals surface area contributed by atoms with Crippen LogP contribution in [0.15, 0.2) is 23.3 Å². The van der Waals surface area contributed by atoms with Crippen LogP contribution in [0.1, 0.15) is 40.0 Å². The van der Waals surface area contributed by atoms with Crippen molar-refractivity contribution in [3.63, 3.8) is 0 Å². The fourth-order valence-electron chi connectivity index (χ4n) is 4.36. The van der Waals surface area contributed by atoms with E-state index in [1.165, 1.54) is 11.1 Å². The van der Waals surface area contributed by atoms with Crippen LogP contribution in [0.4, 0.5) is 0 Å². The van der Waals surface area contributed by atoms with Crippen LogP contribution in [-0.2, 0) is 14.2 Å². The maximum absolute atomic E-state index is 6.23. The SMILES string of the molecule is COC1C(=CCN(C)C)CCC2(CO2)C1C1(C)OC1CC=C(C)C. The van der Waals surface area contributed by atoms with Crippen LogP contribution in [0.5, 0.6) is 0 Å². The lowest BCUT2D eigenvalue weighted by Crippen LogP contribution is -2.50. The highest BCUT2D eigenvalue weighted by Crippen LogP contribution is 2.60. The Hall–Kier alpha value is -0.680. The summed E-state index contributed by atoms with van der Waals surface area (Å²) in [7, 11) is 6.04. The van der Waals surface area contributed by atoms with E-state index in [1.807, 2.05) is 7.11 Å². The van der Waals surface area contributed by atoms with Crippen LogP contribution >= 0.6 is 0 Å². The van der Waals surface area contributed by atoms with Gasteiger partial charge in [0.05, 0.1) is 24.7 Å². The Balaban J connectivity index is 1.81. The summed E-state index contributed by atoms with van der Waals surface area (Å²) in [5.74, 6) is 0.285. The van der Waals surface area contributed by atoms with Crippen molar-refractivity contribution >= 4 is 0 Å². The van der Waals surface area contributed by atoms with E-state index < -0.39 is 0 Å². The maximum Gasteiger partial charge on any atom is 0.101 e. The van der Waals surface area contributed by atoms with Crippen molar-refractivity contribution < 1.29 is 14.2 Å². The number of likely N-dealkylation sites (N-methyl/N-ethyl adjacent to an activating group) is 1. The third-order valence-electron chi connectivity index (χ3n) is 5.90. The molecule has 0 aromatic carbocycles. The second kappa shape index (κ2) is 6.56. The fraction of sp³-hybridized carbons (Fsp3) is 0.800. The van der Waals surface area contributed by atoms with E-state index in [2.05, 4.69) is 51.9 Å². The molecular formula is C20H33NO3. The van der Waals surface area contributed by atoms with E-state index >= 15 is 0 Å². The molecule has 24 heavy (non-hydrogen) atoms. The summed E-state index contributed by atoms with van der Waals surface area (Å²) in [6.45, 7) is 8.35. The first-order valence-electron chi connectivity index (χ1n) is 9.14. The molecule has 0 amide bonds. The Labute approximate surface area is 146 Å². The molecule has 0 aromatic rings. The Kier molecular flexibility index (Phi) is 4.95. The van der Waals surface area contributed by atoms with Gasteiger partial charge in [0, 0.05) is 13.7 Å². The highest BCUT2D eigenvalue weighted by atomic mass is 16.6. The van der Waals surface area contributed by atoms with E-state index in [1.54, 1.807) is 0 Å². The highest BCUT2D eigenvalue weighted by molar-refractivity contribution is 5.28. The van der Waals surface area contributed by atoms with Crippen molar-refractivity contribution in [1.82, 2.24) is 4.90 Å². The molecule has 3 fully saturated rings. The monoisotopic (exact) mass is 335 g/mol. The Morgan fingerprint density at radius 3 is 2.62 bits per heavy atom. The largest absolute Gasteiger partial charge is 0.377 e. The van der Waals surface area contributed by atoms with Crippen molar-refractivity contribution in [3.05, 3.63) is 23.3 Å². The van der Waals surface area contributed by atoms with E-state index in [4.69, 9.17) is 14.2 Å². The minimum Gasteiger partial charge on any atom is -0.377 e. The number of hydrogen-bond donors (Lipinski definition) is 0. The lowest BCUT2D eigenvalue weighted by Gasteiger charge is -2.40. The van der Waals surface area contributed by atoms with Crippen molar-refractivity contribution in [3.8, 4) is 0 Å². The molecule has 2 heterocycles. The molecule has 1 saturated carbocycles. The maximum atomic E-state index is 6.23. The average Bonchev–Trinajstić information content (AvgIpc) is 3.42. The lowest BCUT2D eigenvalue weighted by atomic mass is 9.67. The summed E-state index contributed by atoms with van der Waals surface area (Å²) < 4.78 is 18.2. The number of ether oxygens (including phenoxy) is 3. The predicted octanol–water partition coefficient (Wildman–Crippen LogP) is 3.18. The van der Waals surface area contributed by atoms with Crippen LogP contribution in [-0.4, -0.2) is 62.7 Å². The van der Waals surface area contributed by atoms with Gasteiger partial charge in [-0.15, -0.1) is 0 Å². The molecule has 2 saturated heterocycles. The summed E-state index contributed by atoms with van der Waals surface area (Å²) in [4.78, 5) is 2.19. The summed E-state index contributed by atoms with van der Waals surface area (Å²) in [6.07, 6.45) is 8.14. The Bertz CT molecular complexity index is 531. The van der Waals surface area contributed by atoms with Crippen LogP contribution in [0.3, 0.4) is 0 Å². The molecule has 0 N–H and O–H groups in total. The Morgan fingerprint density at radius 1 is 1.38 bits per heavy atom. The zero-order valence-corrected chi connectivity index (χ0v) is 16.1. The zero-order valence-electron chi connectivity index (χ0n) is 16.1. The van der Waals surface area contributed by atoms with E-state index in [0.29, 0.717) is 0 Å². The van der Waals surface area contributed by atoms with Gasteiger partial charge in [0.2, 0.25) is 0 Å². The third kappa shape index (κ3) is 3.34. The summed E-state index contributed by atoms with van der Waals surface area (Å²) >= 11 is 0. The molecule has 0 bridgehead atoms. The highest BCUT2D eigenvalue weighted by Gasteiger charge is 2.71. The van der Waals surface area contributed by atoms with Gasteiger partial charge in [-0.05, 0) is 59.7 Å². The minimum atomic E-state index is -0.138. The van der Waals surface area contributed by atoms with E-state index in [-0.39, 0.29) is 29.3 Å². The van der Waals surface area contributed by atoms with Gasteiger partial charge in [0.15, 0.2) is 0 Å². The molecule has 3 aliphatic rings. The molecule has 5 unspecified atom stereocenters. The van der Waals surface area contributed by atoms with Crippen molar-refractivity contribution in [2.75, 3.05) is 34.4 Å². The average molecular weight is 335 g/mol. The number of rotatable bonds is 6. The second-order valence-electron chi connectivity index (χ2n) is 8.34. The van der Waals surface area contributed by atoms with Gasteiger partial charge in [0.25, 0.3) is 0 Å². The van der Waals surface area contributed by atoms with Crippen molar-refractivity contribution in [2.45, 2.75) is 63.4 Å². The van der Waals surface area contributed by atoms with Crippen molar-refractivity contribution in [1.29, 1.82) is 0 Å². The number of hydrogen-bond acceptors (Lipinski definition) is 4. The van der Waals surface area contributed by atoms with Gasteiger partial charge in [0.1, 0.15) is 11.2 Å². The quantitative estimate of drug-likeness (QED) is 0.552. The molecule has 0 radical (unpaired) electrons. The van der Waals surface area contributed by atoms with Gasteiger partial charge in [-0.25, -0.2) is 0 Å². The second-order valence-corrected chi connectivity index (χ2v) is 8.34. The molecule has 1 aliphatic carbocycles. The van der Waals surface area contributed by atoms with Crippen LogP contribution < -0.4 is 0 Å². The topological polar surface area (TPSA) is 37.5 Å². The first-order chi connectivity index (χ1) is 11.3. The van der Waals surface area contributed by atoms with Gasteiger partial charge >= 0.3 is 0 Å². The molecule has 4 heteroatoms. The smallest absolute Gasteiger partial charge is 0.101 e. The molecule has 2 aliphatic heterocycles. The molecule has 4 nitrogen and oxygen atoms in total. The van der Waals surface area contributed by atoms with Gasteiger partial charge in [-0.1, -0.05) is 17.7 Å². The molecule has 3 rings (SSSR count). The molecular weight excluding hydrogens is 302 g/mol. The van der Waals surface area contributed by atoms with Gasteiger partial charge in [-0.3, -0.25) is 0 Å². The third-order valence-corrected chi connectivity index (χ3v) is 5.90. The first kappa shape index (κ1) is 18.1. The number of nitrogens with zero attached hydrogens (tertiary/aromatic N) is 1. The van der Waals surface area contributed by atoms with E-state index in [9.17, 15) is 0 Å². The predicted molar refractivity (Wildman–Crippen MR) is 96.2 cm³/mol. The number of epoxide rings is 2. The molecule has 136 valence electrons. The number of allylic oxidation sites excluding steroid dienone is 1. The summed E-state index contributed by atoms with van der Waals surface area (Å²) in [5, 5.41) is 0. The molecule has 0 aromatic heterocycles. The normalized spacial score (nSPS) is 42.6. The fourth-order valence-corrected chi connectivity index (χ4v) is 4.36. The Morgan fingerprint density at radius 2 is 2.08 bits per heavy atom. The van der Waals surface area contributed by atoms with Gasteiger partial charge in [-0.2, -0.15) is 0 Å². The first-order valence-corrected chi connectivity index (χ1v) is 9.14. The lowest BCUT2D eigenvalue weighted by molar-refractivity contribution is -0.0204. The molecule has 1 spiro atoms. The van der Waals surface area contributed by atoms with Gasteiger partial charge < -0.3 is 19.1 Å².